The van der Waals surface area contributed by atoms with Crippen LogP contribution < -0.4 is 4.74 Å². The molecule has 1 aliphatic rings. The average Bonchev–Trinajstić information content (AvgIpc) is 2.90. The zero-order chi connectivity index (χ0) is 26.5. The molecule has 194 valence electrons. The Labute approximate surface area is 212 Å². The smallest absolute Gasteiger partial charge is 0.308 e. The Balaban J connectivity index is 1.39. The van der Waals surface area contributed by atoms with Crippen LogP contribution in [0.15, 0.2) is 42.6 Å². The minimum Gasteiger partial charge on any atom is -0.497 e. The first-order chi connectivity index (χ1) is 17.8. The van der Waals surface area contributed by atoms with E-state index in [1.165, 1.54) is 7.11 Å². The monoisotopic (exact) mass is 514 g/mol. The van der Waals surface area contributed by atoms with Crippen LogP contribution in [-0.4, -0.2) is 47.7 Å². The topological polar surface area (TPSA) is 62.7 Å². The number of ether oxygens (including phenoxy) is 1. The van der Waals surface area contributed by atoms with Crippen molar-refractivity contribution in [1.29, 1.82) is 0 Å². The van der Waals surface area contributed by atoms with Gasteiger partial charge < -0.3 is 9.84 Å². The molecule has 9 heteroatoms. The molecule has 2 aromatic carbocycles. The molecule has 1 fully saturated rings. The van der Waals surface area contributed by atoms with Gasteiger partial charge >= 0.3 is 5.97 Å². The number of hydrogen-bond acceptors (Lipinski definition) is 4. The number of hydrogen-bond donors (Lipinski definition) is 1. The summed E-state index contributed by atoms with van der Waals surface area (Å²) < 4.78 is 61.5. The van der Waals surface area contributed by atoms with Crippen LogP contribution in [-0.2, 0) is 4.79 Å². The Morgan fingerprint density at radius 3 is 2.76 bits per heavy atom. The Morgan fingerprint density at radius 2 is 2.00 bits per heavy atom. The lowest BCUT2D eigenvalue weighted by Crippen LogP contribution is -2.44. The molecule has 0 spiro atoms. The number of benzene rings is 2. The maximum Gasteiger partial charge on any atom is 0.308 e. The Bertz CT molecular complexity index is 1350. The quantitative estimate of drug-likeness (QED) is 0.255. The molecule has 5 nitrogen and oxygen atoms in total. The highest BCUT2D eigenvalue weighted by Gasteiger charge is 2.34. The largest absolute Gasteiger partial charge is 0.497 e. The molecule has 1 aromatic heterocycles. The summed E-state index contributed by atoms with van der Waals surface area (Å²) in [5.41, 5.74) is 0.483. The first kappa shape index (κ1) is 26.4. The number of methoxy groups -OCH3 is 1. The third-order valence-corrected chi connectivity index (χ3v) is 6.83. The molecular weight excluding hydrogens is 488 g/mol. The third-order valence-electron chi connectivity index (χ3n) is 6.83. The summed E-state index contributed by atoms with van der Waals surface area (Å²) in [6, 6.07) is 8.39. The number of carboxylic acids is 1. The number of carboxylic acid groups (broad SMARTS) is 1. The van der Waals surface area contributed by atoms with E-state index in [0.717, 1.165) is 6.07 Å². The van der Waals surface area contributed by atoms with Crippen molar-refractivity contribution < 1.29 is 32.2 Å². The molecule has 0 aliphatic carbocycles. The summed E-state index contributed by atoms with van der Waals surface area (Å²) >= 11 is 0. The van der Waals surface area contributed by atoms with Gasteiger partial charge in [-0.15, -0.1) is 0 Å². The number of nitrogens with zero attached hydrogens (tertiary/aromatic N) is 2. The van der Waals surface area contributed by atoms with Gasteiger partial charge in [-0.1, -0.05) is 11.8 Å². The number of pyridine rings is 1. The standard InChI is InChI=1S/C28H26F4N2O3/c1-37-18-5-9-26-21(15-18)19(10-12-33-26)23(29)6-4-17-11-14-34(16-22(17)28(35)36)13-2-3-20-24(30)7-8-25(31)27(20)32/h5,7-10,12,15,17,22-23H,4,6,11,13-14,16H2,1H3,(H,35,36)/t17-,22+,23-/m1/s1. The fourth-order valence-electron chi connectivity index (χ4n) is 4.78. The van der Waals surface area contributed by atoms with E-state index in [1.54, 1.807) is 35.4 Å². The first-order valence-corrected chi connectivity index (χ1v) is 11.9. The van der Waals surface area contributed by atoms with E-state index in [1.807, 2.05) is 0 Å². The van der Waals surface area contributed by atoms with Crippen molar-refractivity contribution in [3.05, 3.63) is 71.2 Å². The molecule has 0 bridgehead atoms. The minimum absolute atomic E-state index is 0.0719. The second kappa shape index (κ2) is 11.6. The second-order valence-corrected chi connectivity index (χ2v) is 9.08. The number of fused-ring (bicyclic) bond motifs is 1. The van der Waals surface area contributed by atoms with Crippen LogP contribution in [0.1, 0.15) is 36.6 Å². The van der Waals surface area contributed by atoms with Gasteiger partial charge in [0.15, 0.2) is 11.6 Å². The molecule has 37 heavy (non-hydrogen) atoms. The van der Waals surface area contributed by atoms with Gasteiger partial charge in [-0.3, -0.25) is 14.7 Å². The number of aliphatic carboxylic acids is 1. The predicted octanol–water partition coefficient (Wildman–Crippen LogP) is 5.53. The lowest BCUT2D eigenvalue weighted by molar-refractivity contribution is -0.146. The van der Waals surface area contributed by atoms with Crippen molar-refractivity contribution in [3.8, 4) is 17.6 Å². The molecule has 3 aromatic rings. The van der Waals surface area contributed by atoms with Gasteiger partial charge in [0, 0.05) is 18.1 Å². The van der Waals surface area contributed by atoms with Gasteiger partial charge in [-0.05, 0) is 73.7 Å². The van der Waals surface area contributed by atoms with Crippen molar-refractivity contribution in [2.45, 2.75) is 25.4 Å². The lowest BCUT2D eigenvalue weighted by Gasteiger charge is -2.35. The van der Waals surface area contributed by atoms with Crippen LogP contribution in [0.5, 0.6) is 5.75 Å². The summed E-state index contributed by atoms with van der Waals surface area (Å²) in [6.45, 7) is 0.751. The number of aromatic nitrogens is 1. The Hall–Kier alpha value is -3.64. The highest BCUT2D eigenvalue weighted by atomic mass is 19.2. The average molecular weight is 515 g/mol. The summed E-state index contributed by atoms with van der Waals surface area (Å²) in [5.74, 6) is 0.0563. The number of likely N-dealkylation sites (tertiary alicyclic amines) is 1. The molecule has 3 atom stereocenters. The minimum atomic E-state index is -1.35. The molecule has 2 heterocycles. The zero-order valence-electron chi connectivity index (χ0n) is 20.2. The maximum absolute atomic E-state index is 15.3. The predicted molar refractivity (Wildman–Crippen MR) is 130 cm³/mol. The van der Waals surface area contributed by atoms with Gasteiger partial charge in [0.2, 0.25) is 0 Å². The Morgan fingerprint density at radius 1 is 1.22 bits per heavy atom. The van der Waals surface area contributed by atoms with E-state index >= 15 is 4.39 Å². The second-order valence-electron chi connectivity index (χ2n) is 9.08. The molecule has 0 radical (unpaired) electrons. The van der Waals surface area contributed by atoms with Gasteiger partial charge in [0.05, 0.1) is 30.7 Å². The number of carbonyl (C=O) groups is 1. The molecule has 4 rings (SSSR count). The van der Waals surface area contributed by atoms with Crippen molar-refractivity contribution in [2.75, 3.05) is 26.7 Å². The van der Waals surface area contributed by atoms with E-state index in [4.69, 9.17) is 4.74 Å². The summed E-state index contributed by atoms with van der Waals surface area (Å²) in [7, 11) is 1.53. The number of piperidine rings is 1. The van der Waals surface area contributed by atoms with Gasteiger partial charge in [0.25, 0.3) is 0 Å². The Kier molecular flexibility index (Phi) is 8.29. The third kappa shape index (κ3) is 6.03. The van der Waals surface area contributed by atoms with Crippen molar-refractivity contribution in [2.24, 2.45) is 11.8 Å². The molecular formula is C28H26F4N2O3. The fourth-order valence-corrected chi connectivity index (χ4v) is 4.78. The molecule has 1 aliphatic heterocycles. The zero-order valence-corrected chi connectivity index (χ0v) is 20.2. The van der Waals surface area contributed by atoms with E-state index in [2.05, 4.69) is 16.8 Å². The van der Waals surface area contributed by atoms with Crippen LogP contribution in [0.25, 0.3) is 10.9 Å². The summed E-state index contributed by atoms with van der Waals surface area (Å²) in [6.07, 6.45) is 1.30. The highest BCUT2D eigenvalue weighted by molar-refractivity contribution is 5.83. The van der Waals surface area contributed by atoms with E-state index in [-0.39, 0.29) is 25.4 Å². The van der Waals surface area contributed by atoms with Crippen LogP contribution in [0.4, 0.5) is 17.6 Å². The van der Waals surface area contributed by atoms with Crippen LogP contribution >= 0.6 is 0 Å². The molecule has 0 unspecified atom stereocenters. The fraction of sp³-hybridized carbons (Fsp3) is 0.357. The van der Waals surface area contributed by atoms with Gasteiger partial charge in [-0.2, -0.15) is 0 Å². The summed E-state index contributed by atoms with van der Waals surface area (Å²) in [5, 5.41) is 10.5. The molecule has 1 saturated heterocycles. The van der Waals surface area contributed by atoms with Gasteiger partial charge in [-0.25, -0.2) is 17.6 Å². The maximum atomic E-state index is 15.3. The lowest BCUT2D eigenvalue weighted by atomic mass is 9.81. The van der Waals surface area contributed by atoms with Crippen molar-refractivity contribution in [1.82, 2.24) is 9.88 Å². The first-order valence-electron chi connectivity index (χ1n) is 11.9. The van der Waals surface area contributed by atoms with Crippen LogP contribution in [0, 0.1) is 41.1 Å². The molecule has 0 saturated carbocycles. The molecule has 0 amide bonds. The van der Waals surface area contributed by atoms with Crippen LogP contribution in [0.2, 0.25) is 0 Å². The molecule has 1 N–H and O–H groups in total. The number of halogens is 4. The van der Waals surface area contributed by atoms with Crippen molar-refractivity contribution in [3.63, 3.8) is 0 Å². The van der Waals surface area contributed by atoms with Crippen molar-refractivity contribution >= 4 is 16.9 Å². The number of alkyl halides is 1. The number of rotatable bonds is 7. The highest BCUT2D eigenvalue weighted by Crippen LogP contribution is 2.35. The SMILES string of the molecule is COc1ccc2nccc([C@H](F)CC[C@@H]3CCN(CC#Cc4c(F)ccc(F)c4F)C[C@@H]3C(=O)O)c2c1. The van der Waals surface area contributed by atoms with Crippen LogP contribution in [0.3, 0.4) is 0 Å². The van der Waals surface area contributed by atoms with E-state index in [9.17, 15) is 23.1 Å². The van der Waals surface area contributed by atoms with E-state index < -0.39 is 41.1 Å². The van der Waals surface area contributed by atoms with E-state index in [0.29, 0.717) is 47.7 Å². The normalized spacial score (nSPS) is 18.7. The summed E-state index contributed by atoms with van der Waals surface area (Å²) in [4.78, 5) is 18.0. The van der Waals surface area contributed by atoms with Gasteiger partial charge in [0.1, 0.15) is 17.7 Å².